The molecule has 0 saturated heterocycles. The van der Waals surface area contributed by atoms with Crippen molar-refractivity contribution in [3.05, 3.63) is 11.9 Å². The van der Waals surface area contributed by atoms with Crippen molar-refractivity contribution in [3.8, 4) is 0 Å². The molecule has 0 aromatic heterocycles. The first-order valence-corrected chi connectivity index (χ1v) is 4.89. The van der Waals surface area contributed by atoms with Crippen molar-refractivity contribution in [3.63, 3.8) is 0 Å². The molecule has 5 N–H and O–H groups in total. The largest absolute Gasteiger partial charge is 0.480 e. The Morgan fingerprint density at radius 3 is 2.62 bits per heavy atom. The topological polar surface area (TPSA) is 102 Å². The van der Waals surface area contributed by atoms with Crippen molar-refractivity contribution in [1.29, 1.82) is 0 Å². The number of nitrogens with two attached hydrogens (primary N) is 2. The minimum absolute atomic E-state index is 0.0154. The van der Waals surface area contributed by atoms with Gasteiger partial charge >= 0.3 is 5.97 Å². The van der Waals surface area contributed by atoms with Gasteiger partial charge in [-0.25, -0.2) is 4.39 Å². The maximum absolute atomic E-state index is 13.1. The van der Waals surface area contributed by atoms with Crippen LogP contribution in [0, 0.1) is 0 Å². The molecule has 0 heterocycles. The van der Waals surface area contributed by atoms with Crippen molar-refractivity contribution in [2.45, 2.75) is 32.2 Å². The van der Waals surface area contributed by atoms with Crippen LogP contribution >= 0.6 is 0 Å². The van der Waals surface area contributed by atoms with Crippen molar-refractivity contribution in [2.24, 2.45) is 16.5 Å². The number of aliphatic imine (C=N–C) groups is 1. The normalized spacial score (nSPS) is 17.0. The van der Waals surface area contributed by atoms with E-state index >= 15 is 0 Å². The number of rotatable bonds is 6. The molecule has 0 fully saturated rings. The highest BCUT2D eigenvalue weighted by Crippen LogP contribution is 2.15. The van der Waals surface area contributed by atoms with E-state index < -0.39 is 17.3 Å². The highest BCUT2D eigenvalue weighted by Gasteiger charge is 2.27. The number of carbonyl (C=O) groups is 1. The summed E-state index contributed by atoms with van der Waals surface area (Å²) in [4.78, 5) is 14.4. The predicted molar refractivity (Wildman–Crippen MR) is 60.8 cm³/mol. The van der Waals surface area contributed by atoms with Gasteiger partial charge < -0.3 is 16.6 Å². The molecular formula is C10H18FN3O2. The van der Waals surface area contributed by atoms with Crippen LogP contribution in [0.2, 0.25) is 0 Å². The van der Waals surface area contributed by atoms with Gasteiger partial charge in [0.15, 0.2) is 0 Å². The maximum Gasteiger partial charge on any atom is 0.323 e. The van der Waals surface area contributed by atoms with E-state index in [1.54, 1.807) is 6.92 Å². The van der Waals surface area contributed by atoms with Gasteiger partial charge in [-0.1, -0.05) is 0 Å². The van der Waals surface area contributed by atoms with Crippen LogP contribution < -0.4 is 11.5 Å². The summed E-state index contributed by atoms with van der Waals surface area (Å²) in [7, 11) is 0. The van der Waals surface area contributed by atoms with Crippen LogP contribution in [0.1, 0.15) is 26.7 Å². The molecule has 0 bridgehead atoms. The molecule has 0 aromatic carbocycles. The van der Waals surface area contributed by atoms with Gasteiger partial charge in [-0.15, -0.1) is 0 Å². The lowest BCUT2D eigenvalue weighted by molar-refractivity contribution is -0.142. The lowest BCUT2D eigenvalue weighted by atomic mass is 9.97. The lowest BCUT2D eigenvalue weighted by Gasteiger charge is -2.17. The third-order valence-corrected chi connectivity index (χ3v) is 2.03. The Bertz CT molecular complexity index is 307. The molecular weight excluding hydrogens is 213 g/mol. The van der Waals surface area contributed by atoms with Crippen molar-refractivity contribution in [1.82, 2.24) is 0 Å². The second kappa shape index (κ2) is 6.22. The third-order valence-electron chi connectivity index (χ3n) is 2.03. The molecule has 16 heavy (non-hydrogen) atoms. The number of carboxylic acids is 1. The van der Waals surface area contributed by atoms with Crippen LogP contribution in [-0.2, 0) is 4.79 Å². The second-order valence-electron chi connectivity index (χ2n) is 3.86. The zero-order valence-electron chi connectivity index (χ0n) is 9.53. The van der Waals surface area contributed by atoms with Gasteiger partial charge in [-0.3, -0.25) is 9.79 Å². The minimum Gasteiger partial charge on any atom is -0.480 e. The number of carboxylic acid groups (broad SMARTS) is 1. The molecule has 0 rings (SSSR count). The summed E-state index contributed by atoms with van der Waals surface area (Å²) in [6.07, 6.45) is 1.28. The molecule has 0 unspecified atom stereocenters. The summed E-state index contributed by atoms with van der Waals surface area (Å²) in [5.74, 6) is -1.20. The highest BCUT2D eigenvalue weighted by atomic mass is 19.1. The number of amidine groups is 1. The van der Waals surface area contributed by atoms with E-state index in [9.17, 15) is 9.18 Å². The Labute approximate surface area is 94.0 Å². The summed E-state index contributed by atoms with van der Waals surface area (Å²) in [5, 5.41) is 8.70. The van der Waals surface area contributed by atoms with Crippen LogP contribution in [0.25, 0.3) is 0 Å². The number of hydrogen-bond donors (Lipinski definition) is 3. The first-order valence-electron chi connectivity index (χ1n) is 4.89. The van der Waals surface area contributed by atoms with Gasteiger partial charge in [-0.2, -0.15) is 0 Å². The van der Waals surface area contributed by atoms with Crippen molar-refractivity contribution in [2.75, 3.05) is 6.54 Å². The Hall–Kier alpha value is -1.43. The zero-order valence-corrected chi connectivity index (χ0v) is 9.53. The summed E-state index contributed by atoms with van der Waals surface area (Å²) >= 11 is 0. The van der Waals surface area contributed by atoms with Gasteiger partial charge in [0.1, 0.15) is 5.54 Å². The maximum atomic E-state index is 13.1. The van der Waals surface area contributed by atoms with Crippen LogP contribution in [-0.4, -0.2) is 29.0 Å². The minimum atomic E-state index is -1.40. The molecule has 5 nitrogen and oxygen atoms in total. The van der Waals surface area contributed by atoms with Gasteiger partial charge in [0.2, 0.25) is 0 Å². The number of nitrogens with zero attached hydrogens (tertiary/aromatic N) is 1. The second-order valence-corrected chi connectivity index (χ2v) is 3.86. The Kier molecular flexibility index (Phi) is 5.66. The summed E-state index contributed by atoms with van der Waals surface area (Å²) < 4.78 is 13.1. The van der Waals surface area contributed by atoms with Crippen molar-refractivity contribution >= 4 is 11.8 Å². The van der Waals surface area contributed by atoms with Crippen LogP contribution in [0.15, 0.2) is 16.9 Å². The van der Waals surface area contributed by atoms with Crippen molar-refractivity contribution < 1.29 is 14.3 Å². The number of hydrogen-bond acceptors (Lipinski definition) is 3. The molecule has 0 saturated carbocycles. The molecule has 0 amide bonds. The average molecular weight is 231 g/mol. The third kappa shape index (κ3) is 6.13. The molecule has 0 radical (unpaired) electrons. The monoisotopic (exact) mass is 231 g/mol. The lowest BCUT2D eigenvalue weighted by Crippen LogP contribution is -2.44. The molecule has 1 atom stereocenters. The number of allylic oxidation sites excluding steroid dienone is 1. The van der Waals surface area contributed by atoms with E-state index in [2.05, 4.69) is 4.99 Å². The standard InChI is InChI=1S/C10H18FN3O2/c1-7(12)14-6-4-8(11)3-5-10(2,13)9(15)16/h4H,3,5-6,13H2,1-2H3,(H2,12,14)(H,15,16)/b8-4+/t10-/m1/s1. The van der Waals surface area contributed by atoms with Gasteiger partial charge in [-0.05, 0) is 26.3 Å². The van der Waals surface area contributed by atoms with E-state index in [1.165, 1.54) is 13.0 Å². The fourth-order valence-corrected chi connectivity index (χ4v) is 0.877. The van der Waals surface area contributed by atoms with Crippen LogP contribution in [0.4, 0.5) is 4.39 Å². The van der Waals surface area contributed by atoms with Crippen LogP contribution in [0.5, 0.6) is 0 Å². The Morgan fingerprint density at radius 2 is 2.19 bits per heavy atom. The molecule has 0 aromatic rings. The van der Waals surface area contributed by atoms with E-state index in [-0.39, 0.29) is 19.4 Å². The Balaban J connectivity index is 4.12. The molecule has 0 aliphatic carbocycles. The molecule has 92 valence electrons. The van der Waals surface area contributed by atoms with Gasteiger partial charge in [0, 0.05) is 6.42 Å². The summed E-state index contributed by atoms with van der Waals surface area (Å²) in [6, 6.07) is 0. The summed E-state index contributed by atoms with van der Waals surface area (Å²) in [5.41, 5.74) is 9.30. The smallest absolute Gasteiger partial charge is 0.323 e. The van der Waals surface area contributed by atoms with E-state index in [0.29, 0.717) is 5.84 Å². The van der Waals surface area contributed by atoms with Crippen LogP contribution in [0.3, 0.4) is 0 Å². The highest BCUT2D eigenvalue weighted by molar-refractivity contribution is 5.78. The van der Waals surface area contributed by atoms with E-state index in [4.69, 9.17) is 16.6 Å². The number of aliphatic carboxylic acids is 1. The zero-order chi connectivity index (χ0) is 12.8. The molecule has 0 aliphatic rings. The van der Waals surface area contributed by atoms with Gasteiger partial charge in [0.05, 0.1) is 18.2 Å². The molecule has 0 spiro atoms. The van der Waals surface area contributed by atoms with Gasteiger partial charge in [0.25, 0.3) is 0 Å². The first kappa shape index (κ1) is 14.6. The Morgan fingerprint density at radius 1 is 1.62 bits per heavy atom. The number of halogens is 1. The predicted octanol–water partition coefficient (Wildman–Crippen LogP) is 0.799. The fraction of sp³-hybridized carbons (Fsp3) is 0.600. The van der Waals surface area contributed by atoms with E-state index in [1.807, 2.05) is 0 Å². The fourth-order valence-electron chi connectivity index (χ4n) is 0.877. The molecule has 0 aliphatic heterocycles. The summed E-state index contributed by atoms with van der Waals surface area (Å²) in [6.45, 7) is 3.11. The van der Waals surface area contributed by atoms with E-state index in [0.717, 1.165) is 0 Å². The quantitative estimate of drug-likeness (QED) is 0.464. The SMILES string of the molecule is CC(N)=NC/C=C(/F)CC[C@@](C)(N)C(=O)O. The first-order chi connectivity index (χ1) is 7.25. The average Bonchev–Trinajstić information content (AvgIpc) is 2.14. The molecule has 6 heteroatoms.